The zero-order valence-electron chi connectivity index (χ0n) is 36.3. The summed E-state index contributed by atoms with van der Waals surface area (Å²) in [5, 5.41) is 9.89. The highest BCUT2D eigenvalue weighted by atomic mass is 16.5. The predicted octanol–water partition coefficient (Wildman–Crippen LogP) is 13.5. The number of esters is 2. The minimum atomic E-state index is -0.512. The molecule has 0 aliphatic heterocycles. The summed E-state index contributed by atoms with van der Waals surface area (Å²) in [5.74, 6) is -0.800. The van der Waals surface area contributed by atoms with E-state index in [9.17, 15) is 19.2 Å². The van der Waals surface area contributed by atoms with Gasteiger partial charge in [-0.15, -0.1) is 0 Å². The van der Waals surface area contributed by atoms with Crippen molar-refractivity contribution in [1.82, 2.24) is 0 Å². The van der Waals surface area contributed by atoms with E-state index in [1.54, 1.807) is 86.6 Å². The van der Waals surface area contributed by atoms with E-state index in [4.69, 9.17) is 9.47 Å². The second kappa shape index (κ2) is 19.7. The Bertz CT molecular complexity index is 3020. The van der Waals surface area contributed by atoms with Crippen LogP contribution in [0.15, 0.2) is 194 Å². The number of rotatable bonds is 13. The van der Waals surface area contributed by atoms with Crippen molar-refractivity contribution >= 4 is 81.0 Å². The van der Waals surface area contributed by atoms with E-state index in [1.165, 1.54) is 0 Å². The third-order valence-electron chi connectivity index (χ3n) is 10.8. The molecule has 2 N–H and O–H groups in total. The molecule has 0 spiro atoms. The molecular formula is C58H44N2O6. The van der Waals surface area contributed by atoms with Gasteiger partial charge in [0.2, 0.25) is 0 Å². The molecular weight excluding hydrogens is 821 g/mol. The molecule has 0 radical (unpaired) electrons. The molecule has 8 aromatic carbocycles. The van der Waals surface area contributed by atoms with Gasteiger partial charge in [-0.05, 0) is 142 Å². The van der Waals surface area contributed by atoms with Gasteiger partial charge in [-0.2, -0.15) is 0 Å². The van der Waals surface area contributed by atoms with E-state index < -0.39 is 11.9 Å². The summed E-state index contributed by atoms with van der Waals surface area (Å²) < 4.78 is 11.3. The fraction of sp³-hybridized carbons (Fsp3) is 0.0345. The fourth-order valence-electron chi connectivity index (χ4n) is 7.27. The van der Waals surface area contributed by atoms with Crippen molar-refractivity contribution in [3.05, 3.63) is 228 Å². The predicted molar refractivity (Wildman–Crippen MR) is 267 cm³/mol. The number of hydrogen-bond acceptors (Lipinski definition) is 6. The number of benzene rings is 8. The van der Waals surface area contributed by atoms with Crippen molar-refractivity contribution in [3.63, 3.8) is 0 Å². The number of carbonyl (C=O) groups excluding carboxylic acids is 4. The van der Waals surface area contributed by atoms with Crippen molar-refractivity contribution in [3.8, 4) is 22.6 Å². The van der Waals surface area contributed by atoms with E-state index in [2.05, 4.69) is 96.6 Å². The number of anilines is 2. The number of ether oxygens (including phenoxy) is 2. The molecule has 0 fully saturated rings. The average molecular weight is 865 g/mol. The van der Waals surface area contributed by atoms with Gasteiger partial charge in [-0.3, -0.25) is 9.59 Å². The van der Waals surface area contributed by atoms with Crippen molar-refractivity contribution in [2.24, 2.45) is 0 Å². The topological polar surface area (TPSA) is 111 Å². The maximum atomic E-state index is 12.9. The molecule has 0 bridgehead atoms. The third-order valence-corrected chi connectivity index (χ3v) is 10.8. The summed E-state index contributed by atoms with van der Waals surface area (Å²) in [5.41, 5.74) is 8.64. The largest absolute Gasteiger partial charge is 0.423 e. The molecule has 0 aromatic heterocycles. The Morgan fingerprint density at radius 2 is 0.788 bits per heavy atom. The highest BCUT2D eigenvalue weighted by molar-refractivity contribution is 6.11. The van der Waals surface area contributed by atoms with Gasteiger partial charge in [-0.25, -0.2) is 9.59 Å². The Labute approximate surface area is 382 Å². The lowest BCUT2D eigenvalue weighted by atomic mass is 9.86. The maximum absolute atomic E-state index is 12.9. The average Bonchev–Trinajstić information content (AvgIpc) is 3.33. The van der Waals surface area contributed by atoms with Crippen LogP contribution in [-0.2, 0) is 9.59 Å². The van der Waals surface area contributed by atoms with Gasteiger partial charge >= 0.3 is 11.9 Å². The minimum absolute atomic E-state index is 0.291. The molecule has 0 aliphatic rings. The van der Waals surface area contributed by atoms with Crippen LogP contribution >= 0.6 is 0 Å². The van der Waals surface area contributed by atoms with Gasteiger partial charge in [0.1, 0.15) is 11.5 Å². The van der Waals surface area contributed by atoms with Gasteiger partial charge in [0.25, 0.3) is 11.8 Å². The van der Waals surface area contributed by atoms with Crippen molar-refractivity contribution in [2.75, 3.05) is 10.6 Å². The van der Waals surface area contributed by atoms with Crippen LogP contribution in [0.2, 0.25) is 0 Å². The summed E-state index contributed by atoms with van der Waals surface area (Å²) in [6, 6.07) is 53.0. The van der Waals surface area contributed by atoms with Crippen LogP contribution in [0.5, 0.6) is 11.5 Å². The summed E-state index contributed by atoms with van der Waals surface area (Å²) >= 11 is 0. The summed E-state index contributed by atoms with van der Waals surface area (Å²) in [6.45, 7) is 10.5. The Morgan fingerprint density at radius 3 is 1.15 bits per heavy atom. The Balaban J connectivity index is 1.03. The first-order valence-corrected chi connectivity index (χ1v) is 21.2. The molecule has 0 saturated heterocycles. The van der Waals surface area contributed by atoms with Crippen LogP contribution < -0.4 is 20.1 Å². The van der Waals surface area contributed by atoms with Crippen LogP contribution in [0, 0.1) is 0 Å². The fourth-order valence-corrected chi connectivity index (χ4v) is 7.27. The van der Waals surface area contributed by atoms with Gasteiger partial charge < -0.3 is 20.1 Å². The first-order valence-electron chi connectivity index (χ1n) is 21.2. The Kier molecular flexibility index (Phi) is 13.0. The van der Waals surface area contributed by atoms with Crippen LogP contribution in [-0.4, -0.2) is 23.8 Å². The molecule has 0 heterocycles. The molecule has 0 unspecified atom stereocenters. The van der Waals surface area contributed by atoms with E-state index in [1.807, 2.05) is 48.6 Å². The smallest absolute Gasteiger partial charge is 0.343 e. The summed E-state index contributed by atoms with van der Waals surface area (Å²) in [7, 11) is 0. The molecule has 8 heteroatoms. The molecule has 8 nitrogen and oxygen atoms in total. The molecule has 0 saturated carbocycles. The standard InChI is InChI=1S/C58H44N2O6/c1-37(2)55(61)59-47-29-25-45(26-30-47)57(63)65-49-33-15-39(16-34-49)13-19-43-23-21-41-9-5-7-11-51(41)53(43)54-44(24-22-42-10-6-8-12-52(42)54)20-14-40-17-35-50(36-18-40)66-58(64)46-27-31-48(32-28-46)60-56(62)38(3)4/h5-36H,1,3H2,2,4H3,(H,59,61)(H,60,62)/b19-13+,20-14+. The lowest BCUT2D eigenvalue weighted by molar-refractivity contribution is -0.113. The first kappa shape index (κ1) is 43.8. The molecule has 8 rings (SSSR count). The van der Waals surface area contributed by atoms with Crippen LogP contribution in [0.1, 0.15) is 56.8 Å². The van der Waals surface area contributed by atoms with E-state index >= 15 is 0 Å². The molecule has 66 heavy (non-hydrogen) atoms. The Morgan fingerprint density at radius 1 is 0.424 bits per heavy atom. The lowest BCUT2D eigenvalue weighted by Crippen LogP contribution is -2.12. The number of fused-ring (bicyclic) bond motifs is 2. The minimum Gasteiger partial charge on any atom is -0.423 e. The van der Waals surface area contributed by atoms with Crippen molar-refractivity contribution in [1.29, 1.82) is 0 Å². The highest BCUT2D eigenvalue weighted by Crippen LogP contribution is 2.41. The number of hydrogen-bond donors (Lipinski definition) is 2. The van der Waals surface area contributed by atoms with E-state index in [0.29, 0.717) is 45.1 Å². The number of amides is 2. The molecule has 8 aromatic rings. The monoisotopic (exact) mass is 864 g/mol. The summed E-state index contributed by atoms with van der Waals surface area (Å²) in [6.07, 6.45) is 8.32. The van der Waals surface area contributed by atoms with Gasteiger partial charge in [0, 0.05) is 22.5 Å². The van der Waals surface area contributed by atoms with Crippen molar-refractivity contribution < 1.29 is 28.7 Å². The maximum Gasteiger partial charge on any atom is 0.343 e. The SMILES string of the molecule is C=C(C)C(=O)Nc1ccc(C(=O)Oc2ccc(/C=C/c3ccc4ccccc4c3-c3c(/C=C/c4ccc(OC(=O)c5ccc(NC(=O)C(=C)C)cc5)cc4)ccc4ccccc34)cc2)cc1. The summed E-state index contributed by atoms with van der Waals surface area (Å²) in [4.78, 5) is 49.8. The second-order valence-electron chi connectivity index (χ2n) is 15.7. The Hall–Kier alpha value is -8.88. The first-order chi connectivity index (χ1) is 32.0. The van der Waals surface area contributed by atoms with Crippen molar-refractivity contribution in [2.45, 2.75) is 13.8 Å². The molecule has 322 valence electrons. The highest BCUT2D eigenvalue weighted by Gasteiger charge is 2.16. The van der Waals surface area contributed by atoms with E-state index in [0.717, 1.165) is 54.9 Å². The second-order valence-corrected chi connectivity index (χ2v) is 15.7. The zero-order chi connectivity index (χ0) is 46.2. The molecule has 2 amide bonds. The van der Waals surface area contributed by atoms with Crippen LogP contribution in [0.25, 0.3) is 57.0 Å². The van der Waals surface area contributed by atoms with Gasteiger partial charge in [0.15, 0.2) is 0 Å². The third kappa shape index (κ3) is 10.3. The van der Waals surface area contributed by atoms with Crippen LogP contribution in [0.3, 0.4) is 0 Å². The number of nitrogens with one attached hydrogen (secondary N) is 2. The molecule has 0 atom stereocenters. The van der Waals surface area contributed by atoms with E-state index in [-0.39, 0.29) is 11.8 Å². The zero-order valence-corrected chi connectivity index (χ0v) is 36.3. The van der Waals surface area contributed by atoms with Gasteiger partial charge in [-0.1, -0.05) is 135 Å². The lowest BCUT2D eigenvalue weighted by Gasteiger charge is -2.17. The quantitative estimate of drug-likeness (QED) is 0.0517. The normalized spacial score (nSPS) is 11.1. The van der Waals surface area contributed by atoms with Gasteiger partial charge in [0.05, 0.1) is 11.1 Å². The van der Waals surface area contributed by atoms with Crippen LogP contribution in [0.4, 0.5) is 11.4 Å². The molecule has 0 aliphatic carbocycles. The number of carbonyl (C=O) groups is 4.